The number of halogens is 2. The molecule has 0 atom stereocenters. The van der Waals surface area contributed by atoms with E-state index in [-0.39, 0.29) is 0 Å². The third kappa shape index (κ3) is 6.93. The van der Waals surface area contributed by atoms with Crippen molar-refractivity contribution in [2.45, 2.75) is 41.5 Å². The van der Waals surface area contributed by atoms with Gasteiger partial charge in [-0.1, -0.05) is 71.2 Å². The highest BCUT2D eigenvalue weighted by atomic mass is 127. The first-order valence-corrected chi connectivity index (χ1v) is 18.7. The molecule has 2 nitrogen and oxygen atoms in total. The largest absolute Gasteiger partial charge is 0.244 e. The molecule has 0 aliphatic rings. The standard InChI is InChI=1S/C46H34I2N2/c1-27-21-29(3)41(30(4)22-27)43-35(13-7-33-9-17-39(47)18-10-33)25-37-15-16-38-26-36(14-8-34-11-19-40(48)20-12-34)44(50-46(38)45(37)49-43)42-31(5)23-28(2)24-32(42)6/h9-12,15-26H,1-6H3. The summed E-state index contributed by atoms with van der Waals surface area (Å²) in [5, 5.41) is 2.01. The Hall–Kier alpha value is -4.50. The lowest BCUT2D eigenvalue weighted by Crippen LogP contribution is -2.00. The van der Waals surface area contributed by atoms with Crippen LogP contribution in [0.3, 0.4) is 0 Å². The molecule has 0 fully saturated rings. The number of fused-ring (bicyclic) bond motifs is 3. The van der Waals surface area contributed by atoms with Gasteiger partial charge in [-0.25, -0.2) is 9.97 Å². The molecule has 7 rings (SSSR count). The van der Waals surface area contributed by atoms with Crippen LogP contribution < -0.4 is 0 Å². The molecule has 0 spiro atoms. The lowest BCUT2D eigenvalue weighted by atomic mass is 9.92. The highest BCUT2D eigenvalue weighted by Crippen LogP contribution is 2.36. The maximum absolute atomic E-state index is 5.47. The summed E-state index contributed by atoms with van der Waals surface area (Å²) in [7, 11) is 0. The van der Waals surface area contributed by atoms with Gasteiger partial charge in [0.15, 0.2) is 0 Å². The topological polar surface area (TPSA) is 25.8 Å². The highest BCUT2D eigenvalue weighted by molar-refractivity contribution is 14.1. The molecule has 0 aliphatic carbocycles. The van der Waals surface area contributed by atoms with Crippen LogP contribution in [0.25, 0.3) is 44.3 Å². The number of rotatable bonds is 2. The Kier molecular flexibility index (Phi) is 9.53. The van der Waals surface area contributed by atoms with E-state index in [9.17, 15) is 0 Å². The zero-order valence-corrected chi connectivity index (χ0v) is 33.2. The van der Waals surface area contributed by atoms with E-state index >= 15 is 0 Å². The second-order valence-corrected chi connectivity index (χ2v) is 15.5. The van der Waals surface area contributed by atoms with Crippen molar-refractivity contribution in [3.63, 3.8) is 0 Å². The average Bonchev–Trinajstić information content (AvgIpc) is 3.07. The minimum Gasteiger partial charge on any atom is -0.244 e. The Morgan fingerprint density at radius 2 is 0.760 bits per heavy atom. The van der Waals surface area contributed by atoms with Crippen molar-refractivity contribution < 1.29 is 0 Å². The van der Waals surface area contributed by atoms with Crippen LogP contribution in [-0.2, 0) is 0 Å². The van der Waals surface area contributed by atoms with Crippen LogP contribution in [-0.4, -0.2) is 9.97 Å². The van der Waals surface area contributed by atoms with Gasteiger partial charge in [0.1, 0.15) is 0 Å². The summed E-state index contributed by atoms with van der Waals surface area (Å²) in [4.78, 5) is 10.9. The van der Waals surface area contributed by atoms with Crippen molar-refractivity contribution in [3.05, 3.63) is 160 Å². The van der Waals surface area contributed by atoms with E-state index in [1.807, 2.05) is 0 Å². The molecule has 5 aromatic carbocycles. The predicted octanol–water partition coefficient (Wildman–Crippen LogP) is 12.0. The van der Waals surface area contributed by atoms with Crippen molar-refractivity contribution in [3.8, 4) is 46.2 Å². The minimum atomic E-state index is 0.859. The lowest BCUT2D eigenvalue weighted by Gasteiger charge is -2.16. The van der Waals surface area contributed by atoms with Gasteiger partial charge in [0.25, 0.3) is 0 Å². The number of hydrogen-bond acceptors (Lipinski definition) is 2. The molecule has 0 aliphatic heterocycles. The van der Waals surface area contributed by atoms with Crippen molar-refractivity contribution in [2.75, 3.05) is 0 Å². The van der Waals surface area contributed by atoms with Crippen molar-refractivity contribution in [2.24, 2.45) is 0 Å². The highest BCUT2D eigenvalue weighted by Gasteiger charge is 2.19. The molecule has 2 heterocycles. The normalized spacial score (nSPS) is 10.9. The van der Waals surface area contributed by atoms with Crippen LogP contribution in [0.4, 0.5) is 0 Å². The molecule has 0 unspecified atom stereocenters. The Morgan fingerprint density at radius 3 is 1.10 bits per heavy atom. The van der Waals surface area contributed by atoms with E-state index in [2.05, 4.69) is 207 Å². The monoisotopic (exact) mass is 868 g/mol. The molecule has 0 radical (unpaired) electrons. The first-order chi connectivity index (χ1) is 24.0. The van der Waals surface area contributed by atoms with Crippen LogP contribution in [0.1, 0.15) is 55.6 Å². The molecule has 4 heteroatoms. The molecule has 50 heavy (non-hydrogen) atoms. The Morgan fingerprint density at radius 1 is 0.420 bits per heavy atom. The zero-order chi connectivity index (χ0) is 35.1. The average molecular weight is 869 g/mol. The zero-order valence-electron chi connectivity index (χ0n) is 28.9. The summed E-state index contributed by atoms with van der Waals surface area (Å²) in [5.41, 5.74) is 16.6. The second-order valence-electron chi connectivity index (χ2n) is 13.0. The predicted molar refractivity (Wildman–Crippen MR) is 227 cm³/mol. The third-order valence-corrected chi connectivity index (χ3v) is 10.4. The minimum absolute atomic E-state index is 0.859. The van der Waals surface area contributed by atoms with Crippen molar-refractivity contribution >= 4 is 67.0 Å². The van der Waals surface area contributed by atoms with Crippen molar-refractivity contribution in [1.29, 1.82) is 0 Å². The summed E-state index contributed by atoms with van der Waals surface area (Å²) in [5.74, 6) is 13.8. The molecule has 242 valence electrons. The van der Waals surface area contributed by atoms with Crippen LogP contribution in [0.2, 0.25) is 0 Å². The van der Waals surface area contributed by atoms with Crippen LogP contribution >= 0.6 is 45.2 Å². The molecule has 2 aromatic heterocycles. The van der Waals surface area contributed by atoms with Crippen LogP contribution in [0, 0.1) is 72.4 Å². The number of benzene rings is 5. The Balaban J connectivity index is 1.52. The van der Waals surface area contributed by atoms with E-state index in [4.69, 9.17) is 9.97 Å². The van der Waals surface area contributed by atoms with Gasteiger partial charge in [0.05, 0.1) is 33.5 Å². The number of nitrogens with zero attached hydrogens (tertiary/aromatic N) is 2. The second kappa shape index (κ2) is 14.0. The third-order valence-electron chi connectivity index (χ3n) is 8.97. The molecule has 0 saturated heterocycles. The van der Waals surface area contributed by atoms with Gasteiger partial charge in [0, 0.05) is 40.2 Å². The molecule has 0 bridgehead atoms. The number of pyridine rings is 2. The fourth-order valence-corrected chi connectivity index (χ4v) is 7.61. The fourth-order valence-electron chi connectivity index (χ4n) is 6.89. The SMILES string of the molecule is Cc1cc(C)c(-c2nc3c(ccc4cc(C#Cc5ccc(I)cc5)c(-c5c(C)cc(C)cc5C)nc43)cc2C#Cc2ccc(I)cc2)c(C)c1. The number of aryl methyl sites for hydroxylation is 6. The summed E-state index contributed by atoms with van der Waals surface area (Å²) >= 11 is 4.65. The van der Waals surface area contributed by atoms with E-state index in [1.165, 1.54) is 40.5 Å². The molecular formula is C46H34I2N2. The first kappa shape index (κ1) is 34.0. The van der Waals surface area contributed by atoms with Gasteiger partial charge in [-0.3, -0.25) is 0 Å². The van der Waals surface area contributed by atoms with Crippen molar-refractivity contribution in [1.82, 2.24) is 9.97 Å². The van der Waals surface area contributed by atoms with Gasteiger partial charge >= 0.3 is 0 Å². The van der Waals surface area contributed by atoms with E-state index < -0.39 is 0 Å². The van der Waals surface area contributed by atoms with Gasteiger partial charge in [-0.05, 0) is 170 Å². The van der Waals surface area contributed by atoms with E-state index in [0.717, 1.165) is 66.6 Å². The lowest BCUT2D eigenvalue weighted by molar-refractivity contribution is 1.27. The summed E-state index contributed by atoms with van der Waals surface area (Å²) in [6.45, 7) is 12.9. The van der Waals surface area contributed by atoms with Gasteiger partial charge in [-0.15, -0.1) is 0 Å². The molecule has 0 N–H and O–H groups in total. The van der Waals surface area contributed by atoms with Crippen LogP contribution in [0.15, 0.2) is 97.1 Å². The van der Waals surface area contributed by atoms with E-state index in [1.54, 1.807) is 0 Å². The number of aromatic nitrogens is 2. The van der Waals surface area contributed by atoms with E-state index in [0.29, 0.717) is 0 Å². The summed E-state index contributed by atoms with van der Waals surface area (Å²) in [6, 6.07) is 34.2. The first-order valence-electron chi connectivity index (χ1n) is 16.5. The Labute approximate surface area is 322 Å². The molecule has 0 amide bonds. The maximum Gasteiger partial charge on any atom is 0.0973 e. The van der Waals surface area contributed by atoms with Gasteiger partial charge in [-0.2, -0.15) is 0 Å². The quantitative estimate of drug-likeness (QED) is 0.0983. The van der Waals surface area contributed by atoms with Gasteiger partial charge < -0.3 is 0 Å². The molecule has 0 saturated carbocycles. The fraction of sp³-hybridized carbons (Fsp3) is 0.130. The number of hydrogen-bond donors (Lipinski definition) is 0. The summed E-state index contributed by atoms with van der Waals surface area (Å²) in [6.07, 6.45) is 0. The Bertz CT molecular complexity index is 2380. The smallest absolute Gasteiger partial charge is 0.0973 e. The maximum atomic E-state index is 5.47. The van der Waals surface area contributed by atoms with Crippen LogP contribution in [0.5, 0.6) is 0 Å². The van der Waals surface area contributed by atoms with Gasteiger partial charge in [0.2, 0.25) is 0 Å². The molecule has 7 aromatic rings. The molecular weight excluding hydrogens is 834 g/mol. The summed E-state index contributed by atoms with van der Waals surface area (Å²) < 4.78 is 2.37.